The van der Waals surface area contributed by atoms with Gasteiger partial charge in [-0.2, -0.15) is 0 Å². The van der Waals surface area contributed by atoms with E-state index in [1.165, 1.54) is 0 Å². The highest BCUT2D eigenvalue weighted by Crippen LogP contribution is 2.23. The quantitative estimate of drug-likeness (QED) is 0.662. The Morgan fingerprint density at radius 2 is 2.21 bits per heavy atom. The van der Waals surface area contributed by atoms with Crippen LogP contribution < -0.4 is 0 Å². The number of fused-ring (bicyclic) bond motifs is 1. The summed E-state index contributed by atoms with van der Waals surface area (Å²) < 4.78 is 2.10. The van der Waals surface area contributed by atoms with Crippen LogP contribution in [0.15, 0.2) is 24.4 Å². The van der Waals surface area contributed by atoms with E-state index in [0.717, 1.165) is 34.9 Å². The first kappa shape index (κ1) is 9.00. The van der Waals surface area contributed by atoms with Crippen LogP contribution in [0.3, 0.4) is 0 Å². The van der Waals surface area contributed by atoms with Crippen molar-refractivity contribution in [3.63, 3.8) is 0 Å². The lowest BCUT2D eigenvalue weighted by Gasteiger charge is -2.00. The smallest absolute Gasteiger partial charge is 0.152 e. The number of nitrogens with zero attached hydrogens (tertiary/aromatic N) is 1. The maximum Gasteiger partial charge on any atom is 0.152 e. The summed E-state index contributed by atoms with van der Waals surface area (Å²) in [6.45, 7) is 5.01. The molecule has 1 aromatic heterocycles. The minimum absolute atomic E-state index is 0.792. The molecule has 2 nitrogen and oxygen atoms in total. The van der Waals surface area contributed by atoms with Crippen LogP contribution in [0.5, 0.6) is 0 Å². The number of carbonyl (C=O) groups is 1. The van der Waals surface area contributed by atoms with Crippen LogP contribution >= 0.6 is 0 Å². The third-order valence-electron chi connectivity index (χ3n) is 2.61. The monoisotopic (exact) mass is 187 g/mol. The molecule has 2 rings (SSSR count). The Morgan fingerprint density at radius 3 is 2.86 bits per heavy atom. The number of hydrogen-bond acceptors (Lipinski definition) is 1. The van der Waals surface area contributed by atoms with Crippen molar-refractivity contribution in [2.75, 3.05) is 0 Å². The van der Waals surface area contributed by atoms with Crippen molar-refractivity contribution < 1.29 is 4.79 Å². The fraction of sp³-hybridized carbons (Fsp3) is 0.250. The minimum Gasteiger partial charge on any atom is -0.347 e. The first-order valence-electron chi connectivity index (χ1n) is 4.81. The summed E-state index contributed by atoms with van der Waals surface area (Å²) in [7, 11) is 0. The average Bonchev–Trinajstić information content (AvgIpc) is 2.57. The zero-order valence-corrected chi connectivity index (χ0v) is 8.45. The topological polar surface area (TPSA) is 22.0 Å². The molecular formula is C12H13NO. The van der Waals surface area contributed by atoms with E-state index in [2.05, 4.69) is 17.6 Å². The van der Waals surface area contributed by atoms with Gasteiger partial charge in [0, 0.05) is 29.2 Å². The van der Waals surface area contributed by atoms with Crippen molar-refractivity contribution >= 4 is 17.2 Å². The van der Waals surface area contributed by atoms with Gasteiger partial charge in [-0.25, -0.2) is 0 Å². The Kier molecular flexibility index (Phi) is 2.12. The molecule has 0 saturated heterocycles. The molecule has 0 aliphatic carbocycles. The molecular weight excluding hydrogens is 174 g/mol. The molecule has 0 spiro atoms. The maximum absolute atomic E-state index is 10.9. The zero-order chi connectivity index (χ0) is 10.1. The molecule has 2 aromatic rings. The first-order valence-corrected chi connectivity index (χ1v) is 4.81. The molecule has 0 atom stereocenters. The van der Waals surface area contributed by atoms with Crippen LogP contribution in [-0.4, -0.2) is 10.9 Å². The standard InChI is InChI=1S/C12H13NO/c1-3-13-7-10(8-14)12-9(2)5-4-6-11(12)13/h4-8H,3H2,1-2H3. The fourth-order valence-corrected chi connectivity index (χ4v) is 1.92. The number of aryl methyl sites for hydroxylation is 2. The number of aldehydes is 1. The van der Waals surface area contributed by atoms with E-state index >= 15 is 0 Å². The minimum atomic E-state index is 0.792. The van der Waals surface area contributed by atoms with Crippen LogP contribution in [-0.2, 0) is 6.54 Å². The van der Waals surface area contributed by atoms with Crippen LogP contribution in [0, 0.1) is 6.92 Å². The number of aromatic nitrogens is 1. The van der Waals surface area contributed by atoms with Gasteiger partial charge < -0.3 is 4.57 Å². The predicted molar refractivity (Wildman–Crippen MR) is 57.7 cm³/mol. The van der Waals surface area contributed by atoms with Gasteiger partial charge in [0.1, 0.15) is 0 Å². The van der Waals surface area contributed by atoms with Crippen molar-refractivity contribution in [3.05, 3.63) is 35.5 Å². The summed E-state index contributed by atoms with van der Waals surface area (Å²) >= 11 is 0. The van der Waals surface area contributed by atoms with Gasteiger partial charge in [0.2, 0.25) is 0 Å². The zero-order valence-electron chi connectivity index (χ0n) is 8.45. The molecule has 0 bridgehead atoms. The van der Waals surface area contributed by atoms with Crippen LogP contribution in [0.25, 0.3) is 10.9 Å². The van der Waals surface area contributed by atoms with Crippen molar-refractivity contribution in [3.8, 4) is 0 Å². The molecule has 1 aromatic carbocycles. The lowest BCUT2D eigenvalue weighted by atomic mass is 10.1. The molecule has 2 heteroatoms. The number of benzene rings is 1. The maximum atomic E-state index is 10.9. The van der Waals surface area contributed by atoms with E-state index < -0.39 is 0 Å². The molecule has 0 saturated carbocycles. The molecule has 0 fully saturated rings. The lowest BCUT2D eigenvalue weighted by molar-refractivity contribution is 0.112. The largest absolute Gasteiger partial charge is 0.347 e. The van der Waals surface area contributed by atoms with E-state index in [1.54, 1.807) is 0 Å². The van der Waals surface area contributed by atoms with Crippen molar-refractivity contribution in [2.45, 2.75) is 20.4 Å². The molecule has 0 unspecified atom stereocenters. The number of carbonyl (C=O) groups excluding carboxylic acids is 1. The van der Waals surface area contributed by atoms with Gasteiger partial charge in [-0.15, -0.1) is 0 Å². The van der Waals surface area contributed by atoms with Crippen LogP contribution in [0.4, 0.5) is 0 Å². The second-order valence-electron chi connectivity index (χ2n) is 3.46. The number of rotatable bonds is 2. The molecule has 1 heterocycles. The van der Waals surface area contributed by atoms with Gasteiger partial charge in [-0.3, -0.25) is 4.79 Å². The van der Waals surface area contributed by atoms with E-state index in [0.29, 0.717) is 0 Å². The summed E-state index contributed by atoms with van der Waals surface area (Å²) in [5, 5.41) is 1.09. The van der Waals surface area contributed by atoms with Gasteiger partial charge in [0.25, 0.3) is 0 Å². The highest BCUT2D eigenvalue weighted by Gasteiger charge is 2.07. The third kappa shape index (κ3) is 1.15. The summed E-state index contributed by atoms with van der Waals surface area (Å²) in [5.74, 6) is 0. The van der Waals surface area contributed by atoms with Crippen molar-refractivity contribution in [1.29, 1.82) is 0 Å². The fourth-order valence-electron chi connectivity index (χ4n) is 1.92. The summed E-state index contributed by atoms with van der Waals surface area (Å²) in [5.41, 5.74) is 3.10. The van der Waals surface area contributed by atoms with Crippen molar-refractivity contribution in [1.82, 2.24) is 4.57 Å². The van der Waals surface area contributed by atoms with Crippen LogP contribution in [0.2, 0.25) is 0 Å². The lowest BCUT2D eigenvalue weighted by Crippen LogP contribution is -1.90. The molecule has 72 valence electrons. The van der Waals surface area contributed by atoms with Gasteiger partial charge in [0.15, 0.2) is 6.29 Å². The van der Waals surface area contributed by atoms with E-state index in [9.17, 15) is 4.79 Å². The average molecular weight is 187 g/mol. The molecule has 0 aliphatic heterocycles. The highest BCUT2D eigenvalue weighted by atomic mass is 16.1. The summed E-state index contributed by atoms with van der Waals surface area (Å²) in [4.78, 5) is 10.9. The van der Waals surface area contributed by atoms with Gasteiger partial charge in [-0.05, 0) is 25.5 Å². The number of hydrogen-bond donors (Lipinski definition) is 0. The Bertz CT molecular complexity index is 482. The molecule has 0 aliphatic rings. The van der Waals surface area contributed by atoms with Gasteiger partial charge >= 0.3 is 0 Å². The van der Waals surface area contributed by atoms with E-state index in [1.807, 2.05) is 25.3 Å². The molecule has 0 radical (unpaired) electrons. The third-order valence-corrected chi connectivity index (χ3v) is 2.61. The molecule has 0 N–H and O–H groups in total. The normalized spacial score (nSPS) is 10.7. The Hall–Kier alpha value is -1.57. The van der Waals surface area contributed by atoms with Crippen molar-refractivity contribution in [2.24, 2.45) is 0 Å². The Labute approximate surface area is 83.2 Å². The second-order valence-corrected chi connectivity index (χ2v) is 3.46. The summed E-state index contributed by atoms with van der Waals surface area (Å²) in [6.07, 6.45) is 2.85. The van der Waals surface area contributed by atoms with E-state index in [-0.39, 0.29) is 0 Å². The Morgan fingerprint density at radius 1 is 1.43 bits per heavy atom. The SMILES string of the molecule is CCn1cc(C=O)c2c(C)cccc21. The first-order chi connectivity index (χ1) is 6.77. The van der Waals surface area contributed by atoms with Gasteiger partial charge in [-0.1, -0.05) is 12.1 Å². The second kappa shape index (κ2) is 3.29. The Balaban J connectivity index is 2.89. The van der Waals surface area contributed by atoms with Gasteiger partial charge in [0.05, 0.1) is 0 Å². The van der Waals surface area contributed by atoms with Crippen LogP contribution in [0.1, 0.15) is 22.8 Å². The molecule has 0 amide bonds. The highest BCUT2D eigenvalue weighted by molar-refractivity contribution is 5.99. The van der Waals surface area contributed by atoms with E-state index in [4.69, 9.17) is 0 Å². The predicted octanol–water partition coefficient (Wildman–Crippen LogP) is 2.78. The summed E-state index contributed by atoms with van der Waals surface area (Å²) in [6, 6.07) is 6.12. The molecule has 14 heavy (non-hydrogen) atoms.